The Hall–Kier alpha value is -3.87. The van der Waals surface area contributed by atoms with Crippen molar-refractivity contribution >= 4 is 61.3 Å². The number of benzene rings is 2. The van der Waals surface area contributed by atoms with E-state index in [1.165, 1.54) is 11.3 Å². The highest BCUT2D eigenvalue weighted by Gasteiger charge is 2.22. The van der Waals surface area contributed by atoms with Gasteiger partial charge in [-0.2, -0.15) is 4.98 Å². The van der Waals surface area contributed by atoms with Gasteiger partial charge in [-0.1, -0.05) is 28.9 Å². The largest absolute Gasteiger partial charge is 0.419 e. The summed E-state index contributed by atoms with van der Waals surface area (Å²) < 4.78 is 36.9. The van der Waals surface area contributed by atoms with Gasteiger partial charge in [-0.3, -0.25) is 9.88 Å². The van der Waals surface area contributed by atoms with Gasteiger partial charge in [-0.15, -0.1) is 11.3 Å². The maximum atomic E-state index is 12.8. The molecule has 39 heavy (non-hydrogen) atoms. The molecule has 0 unspecified atom stereocenters. The number of aromatic nitrogens is 3. The quantitative estimate of drug-likeness (QED) is 0.286. The number of imidazole rings is 1. The topological polar surface area (TPSA) is 120 Å². The first-order valence-electron chi connectivity index (χ1n) is 12.0. The molecule has 1 fully saturated rings. The van der Waals surface area contributed by atoms with Gasteiger partial charge in [0.25, 0.3) is 0 Å². The van der Waals surface area contributed by atoms with Gasteiger partial charge in [-0.05, 0) is 48.5 Å². The van der Waals surface area contributed by atoms with Gasteiger partial charge < -0.3 is 14.2 Å². The molecule has 13 heteroatoms. The maximum absolute atomic E-state index is 12.8. The Morgan fingerprint density at radius 1 is 1.08 bits per heavy atom. The molecule has 5 aromatic rings. The van der Waals surface area contributed by atoms with E-state index >= 15 is 0 Å². The number of para-hydroxylation sites is 2. The monoisotopic (exact) mass is 583 g/mol. The third kappa shape index (κ3) is 5.63. The molecule has 1 aliphatic rings. The number of halogens is 1. The van der Waals surface area contributed by atoms with Gasteiger partial charge in [0.2, 0.25) is 0 Å². The number of ether oxygens (including phenoxy) is 1. The average molecular weight is 584 g/mol. The molecule has 10 nitrogen and oxygen atoms in total. The predicted octanol–water partition coefficient (Wildman–Crippen LogP) is 5.30. The van der Waals surface area contributed by atoms with Gasteiger partial charge in [0.1, 0.15) is 5.69 Å². The number of amides is 1. The molecule has 1 N–H and O–H groups in total. The van der Waals surface area contributed by atoms with E-state index in [1.807, 2.05) is 53.4 Å². The number of thiophene rings is 1. The summed E-state index contributed by atoms with van der Waals surface area (Å²) in [7, 11) is -2.96. The van der Waals surface area contributed by atoms with Crippen molar-refractivity contribution in [1.82, 2.24) is 14.7 Å². The fourth-order valence-electron chi connectivity index (χ4n) is 4.35. The van der Waals surface area contributed by atoms with E-state index in [0.717, 1.165) is 16.1 Å². The Balaban J connectivity index is 1.17. The number of hydrogen-bond donors (Lipinski definition) is 1. The van der Waals surface area contributed by atoms with E-state index in [9.17, 15) is 13.2 Å². The fraction of sp³-hybridized carbons (Fsp3) is 0.192. The van der Waals surface area contributed by atoms with E-state index in [1.54, 1.807) is 22.8 Å². The molecule has 1 amide bonds. The highest BCUT2D eigenvalue weighted by molar-refractivity contribution is 7.91. The number of fused-ring (bicyclic) bond motifs is 1. The first-order valence-corrected chi connectivity index (χ1v) is 15.1. The maximum Gasteiger partial charge on any atom is 0.419 e. The van der Waals surface area contributed by atoms with Crippen LogP contribution in [0.3, 0.4) is 0 Å². The highest BCUT2D eigenvalue weighted by Crippen LogP contribution is 2.32. The van der Waals surface area contributed by atoms with Crippen molar-refractivity contribution in [3.63, 3.8) is 0 Å². The van der Waals surface area contributed by atoms with Crippen LogP contribution in [-0.4, -0.2) is 53.8 Å². The van der Waals surface area contributed by atoms with Gasteiger partial charge in [0.15, 0.2) is 15.6 Å². The molecule has 0 bridgehead atoms. The first kappa shape index (κ1) is 25.4. The number of nitrogens with one attached hydrogen (secondary N) is 1. The molecule has 4 heterocycles. The predicted molar refractivity (Wildman–Crippen MR) is 151 cm³/mol. The lowest BCUT2D eigenvalue weighted by Gasteiger charge is -2.28. The minimum absolute atomic E-state index is 0.114. The van der Waals surface area contributed by atoms with E-state index in [0.29, 0.717) is 40.1 Å². The Labute approximate surface area is 232 Å². The molecular formula is C26H22ClN5O5S2. The van der Waals surface area contributed by atoms with Crippen LogP contribution in [0.1, 0.15) is 5.69 Å². The summed E-state index contributed by atoms with van der Waals surface area (Å²) in [6, 6.07) is 20.2. The zero-order valence-corrected chi connectivity index (χ0v) is 22.8. The molecule has 0 radical (unpaired) electrons. The van der Waals surface area contributed by atoms with Crippen molar-refractivity contribution < 1.29 is 22.5 Å². The fourth-order valence-corrected chi connectivity index (χ4v) is 6.54. The van der Waals surface area contributed by atoms with Crippen LogP contribution in [0, 0.1) is 0 Å². The molecule has 1 saturated heterocycles. The smallest absolute Gasteiger partial charge is 0.375 e. The minimum atomic E-state index is -2.96. The number of nitrogens with zero attached hydrogens (tertiary/aromatic N) is 4. The normalized spacial score (nSPS) is 14.9. The number of rotatable bonds is 6. The summed E-state index contributed by atoms with van der Waals surface area (Å²) in [5, 5.41) is 6.90. The van der Waals surface area contributed by atoms with Gasteiger partial charge in [0.05, 0.1) is 38.3 Å². The second-order valence-corrected chi connectivity index (χ2v) is 13.0. The summed E-state index contributed by atoms with van der Waals surface area (Å²) >= 11 is 7.44. The van der Waals surface area contributed by atoms with Crippen molar-refractivity contribution in [2.24, 2.45) is 0 Å². The Kier molecular flexibility index (Phi) is 6.75. The van der Waals surface area contributed by atoms with Gasteiger partial charge in [0, 0.05) is 30.5 Å². The van der Waals surface area contributed by atoms with Crippen molar-refractivity contribution in [3.8, 4) is 16.6 Å². The third-order valence-electron chi connectivity index (χ3n) is 6.32. The Morgan fingerprint density at radius 2 is 1.85 bits per heavy atom. The standard InChI is InChI=1S/C26H22ClN5O5S2/c27-24-10-9-23(38-24)22-15-18(30-37-22)16-32-21-4-2-1-3-20(21)29-25(32)36-26(33)28-17-5-7-19(8-6-17)31-11-13-39(34,35)14-12-31/h1-10,15H,11-14,16H2,(H,28,33). The number of sulfone groups is 1. The van der Waals surface area contributed by atoms with Crippen LogP contribution in [0.2, 0.25) is 4.34 Å². The van der Waals surface area contributed by atoms with E-state index < -0.39 is 15.9 Å². The Morgan fingerprint density at radius 3 is 2.59 bits per heavy atom. The van der Waals surface area contributed by atoms with Gasteiger partial charge >= 0.3 is 12.1 Å². The summed E-state index contributed by atoms with van der Waals surface area (Å²) in [6.45, 7) is 1.16. The number of hydrogen-bond acceptors (Lipinski definition) is 9. The van der Waals surface area contributed by atoms with Crippen LogP contribution in [0.4, 0.5) is 16.2 Å². The average Bonchev–Trinajstić information content (AvgIpc) is 3.64. The summed E-state index contributed by atoms with van der Waals surface area (Å²) in [4.78, 5) is 20.2. The highest BCUT2D eigenvalue weighted by atomic mass is 35.5. The minimum Gasteiger partial charge on any atom is -0.375 e. The molecular weight excluding hydrogens is 562 g/mol. The third-order valence-corrected chi connectivity index (χ3v) is 9.18. The summed E-state index contributed by atoms with van der Waals surface area (Å²) in [6.07, 6.45) is -0.697. The molecule has 3 aromatic heterocycles. The van der Waals surface area contributed by atoms with E-state index in [4.69, 9.17) is 20.9 Å². The molecule has 6 rings (SSSR count). The lowest BCUT2D eigenvalue weighted by molar-refractivity contribution is 0.209. The number of anilines is 2. The summed E-state index contributed by atoms with van der Waals surface area (Å²) in [5.41, 5.74) is 3.50. The second-order valence-electron chi connectivity index (χ2n) is 8.96. The molecule has 0 spiro atoms. The molecule has 1 aliphatic heterocycles. The van der Waals surface area contributed by atoms with E-state index in [-0.39, 0.29) is 24.1 Å². The van der Waals surface area contributed by atoms with E-state index in [2.05, 4.69) is 15.5 Å². The SMILES string of the molecule is O=C(Nc1ccc(N2CCS(=O)(=O)CC2)cc1)Oc1nc2ccccc2n1Cc1cc(-c2ccc(Cl)s2)on1. The van der Waals surface area contributed by atoms with Crippen molar-refractivity contribution in [3.05, 3.63) is 76.8 Å². The lowest BCUT2D eigenvalue weighted by Crippen LogP contribution is -2.40. The van der Waals surface area contributed by atoms with Crippen molar-refractivity contribution in [2.75, 3.05) is 34.8 Å². The molecule has 2 aromatic carbocycles. The molecule has 200 valence electrons. The Bertz CT molecular complexity index is 1750. The second kappa shape index (κ2) is 10.4. The molecule has 0 atom stereocenters. The van der Waals surface area contributed by atoms with Crippen molar-refractivity contribution in [1.29, 1.82) is 0 Å². The van der Waals surface area contributed by atoms with Crippen LogP contribution in [0.5, 0.6) is 6.01 Å². The van der Waals surface area contributed by atoms with Crippen LogP contribution in [-0.2, 0) is 16.4 Å². The zero-order valence-electron chi connectivity index (χ0n) is 20.4. The summed E-state index contributed by atoms with van der Waals surface area (Å²) in [5.74, 6) is 0.873. The van der Waals surface area contributed by atoms with Crippen molar-refractivity contribution in [2.45, 2.75) is 6.54 Å². The van der Waals surface area contributed by atoms with Crippen LogP contribution < -0.4 is 15.0 Å². The van der Waals surface area contributed by atoms with Crippen LogP contribution in [0.15, 0.2) is 71.3 Å². The number of carbonyl (C=O) groups is 1. The lowest BCUT2D eigenvalue weighted by atomic mass is 10.2. The zero-order chi connectivity index (χ0) is 27.0. The van der Waals surface area contributed by atoms with Gasteiger partial charge in [-0.25, -0.2) is 13.2 Å². The molecule has 0 aliphatic carbocycles. The number of carbonyl (C=O) groups excluding carboxylic acids is 1. The molecule has 0 saturated carbocycles. The first-order chi connectivity index (χ1) is 18.8. The van der Waals surface area contributed by atoms with Crippen LogP contribution in [0.25, 0.3) is 21.7 Å². The van der Waals surface area contributed by atoms with Crippen LogP contribution >= 0.6 is 22.9 Å².